The molecule has 1 fully saturated rings. The monoisotopic (exact) mass is 343 g/mol. The number of likely N-dealkylation sites (tertiary alicyclic amines) is 1. The Morgan fingerprint density at radius 1 is 1.39 bits per heavy atom. The zero-order chi connectivity index (χ0) is 15.9. The molecule has 130 valence electrons. The van der Waals surface area contributed by atoms with E-state index in [-0.39, 0.29) is 30.0 Å². The summed E-state index contributed by atoms with van der Waals surface area (Å²) < 4.78 is 5.03. The molecule has 1 atom stereocenters. The van der Waals surface area contributed by atoms with Crippen LogP contribution in [0.1, 0.15) is 36.7 Å². The summed E-state index contributed by atoms with van der Waals surface area (Å²) in [5.41, 5.74) is 0. The van der Waals surface area contributed by atoms with Crippen LogP contribution >= 0.6 is 12.4 Å². The van der Waals surface area contributed by atoms with Crippen molar-refractivity contribution in [2.24, 2.45) is 5.92 Å². The predicted octanol–water partition coefficient (Wildman–Crippen LogP) is 1.67. The fourth-order valence-electron chi connectivity index (χ4n) is 2.80. The van der Waals surface area contributed by atoms with Gasteiger partial charge >= 0.3 is 0 Å². The number of nitrogens with one attached hydrogen (secondary N) is 2. The van der Waals surface area contributed by atoms with E-state index < -0.39 is 6.04 Å². The van der Waals surface area contributed by atoms with Gasteiger partial charge in [0.05, 0.1) is 6.26 Å². The maximum absolute atomic E-state index is 12.4. The highest BCUT2D eigenvalue weighted by Gasteiger charge is 2.27. The van der Waals surface area contributed by atoms with Gasteiger partial charge in [0.15, 0.2) is 5.76 Å². The van der Waals surface area contributed by atoms with Gasteiger partial charge in [0.2, 0.25) is 5.91 Å². The number of carbonyl (C=O) groups excluding carboxylic acids is 2. The normalized spacial score (nSPS) is 16.5. The summed E-state index contributed by atoms with van der Waals surface area (Å²) in [5, 5.41) is 5.86. The molecule has 23 heavy (non-hydrogen) atoms. The van der Waals surface area contributed by atoms with Crippen molar-refractivity contribution in [2.45, 2.75) is 32.2 Å². The Kier molecular flexibility index (Phi) is 8.12. The highest BCUT2D eigenvalue weighted by molar-refractivity contribution is 5.95. The summed E-state index contributed by atoms with van der Waals surface area (Å²) in [4.78, 5) is 26.1. The van der Waals surface area contributed by atoms with Crippen molar-refractivity contribution in [1.82, 2.24) is 15.5 Å². The smallest absolute Gasteiger partial charge is 0.287 e. The molecule has 0 bridgehead atoms. The van der Waals surface area contributed by atoms with Gasteiger partial charge in [0.25, 0.3) is 5.91 Å². The lowest BCUT2D eigenvalue weighted by molar-refractivity contribution is -0.134. The van der Waals surface area contributed by atoms with Crippen molar-refractivity contribution >= 4 is 24.2 Å². The number of hydrogen-bond donors (Lipinski definition) is 2. The van der Waals surface area contributed by atoms with E-state index in [2.05, 4.69) is 10.6 Å². The average molecular weight is 344 g/mol. The van der Waals surface area contributed by atoms with E-state index in [0.717, 1.165) is 38.9 Å². The molecular weight excluding hydrogens is 318 g/mol. The summed E-state index contributed by atoms with van der Waals surface area (Å²) in [6.07, 6.45) is 4.67. The first kappa shape index (κ1) is 19.5. The van der Waals surface area contributed by atoms with E-state index in [1.807, 2.05) is 11.9 Å². The molecule has 6 nitrogen and oxygen atoms in total. The number of nitrogens with zero attached hydrogens (tertiary/aromatic N) is 1. The lowest BCUT2D eigenvalue weighted by atomic mass is 9.93. The van der Waals surface area contributed by atoms with Gasteiger partial charge in [-0.2, -0.15) is 0 Å². The zero-order valence-electron chi connectivity index (χ0n) is 13.7. The third-order valence-electron chi connectivity index (χ3n) is 4.19. The van der Waals surface area contributed by atoms with Crippen LogP contribution in [-0.4, -0.2) is 49.4 Å². The molecule has 0 radical (unpaired) electrons. The van der Waals surface area contributed by atoms with Gasteiger partial charge in [0.1, 0.15) is 6.04 Å². The van der Waals surface area contributed by atoms with Crippen LogP contribution in [0.15, 0.2) is 22.8 Å². The van der Waals surface area contributed by atoms with Crippen molar-refractivity contribution < 1.29 is 14.0 Å². The van der Waals surface area contributed by atoms with Crippen LogP contribution in [0.25, 0.3) is 0 Å². The number of hydrogen-bond acceptors (Lipinski definition) is 4. The molecule has 2 rings (SSSR count). The van der Waals surface area contributed by atoms with Crippen molar-refractivity contribution in [3.8, 4) is 0 Å². The first-order valence-corrected chi connectivity index (χ1v) is 7.89. The molecule has 1 unspecified atom stereocenters. The molecule has 1 aliphatic heterocycles. The quantitative estimate of drug-likeness (QED) is 0.824. The lowest BCUT2D eigenvalue weighted by Crippen LogP contribution is -2.49. The van der Waals surface area contributed by atoms with Crippen LogP contribution in [0.4, 0.5) is 0 Å². The molecule has 7 heteroatoms. The largest absolute Gasteiger partial charge is 0.459 e. The van der Waals surface area contributed by atoms with E-state index in [4.69, 9.17) is 4.42 Å². The van der Waals surface area contributed by atoms with E-state index in [9.17, 15) is 9.59 Å². The van der Waals surface area contributed by atoms with Crippen molar-refractivity contribution in [2.75, 3.05) is 26.7 Å². The fraction of sp³-hybridized carbons (Fsp3) is 0.625. The van der Waals surface area contributed by atoms with Gasteiger partial charge in [0, 0.05) is 13.1 Å². The highest BCUT2D eigenvalue weighted by Crippen LogP contribution is 2.20. The van der Waals surface area contributed by atoms with Gasteiger partial charge in [-0.3, -0.25) is 9.59 Å². The molecule has 1 aromatic rings. The second-order valence-corrected chi connectivity index (χ2v) is 5.83. The first-order chi connectivity index (χ1) is 10.6. The second kappa shape index (κ2) is 9.57. The number of halogens is 1. The number of rotatable bonds is 6. The van der Waals surface area contributed by atoms with Crippen LogP contribution in [0, 0.1) is 5.92 Å². The molecule has 2 amide bonds. The first-order valence-electron chi connectivity index (χ1n) is 7.89. The molecule has 0 aliphatic carbocycles. The zero-order valence-corrected chi connectivity index (χ0v) is 14.5. The third kappa shape index (κ3) is 5.55. The summed E-state index contributed by atoms with van der Waals surface area (Å²) in [6.45, 7) is 4.28. The minimum atomic E-state index is -0.536. The summed E-state index contributed by atoms with van der Waals surface area (Å²) in [7, 11) is 1.96. The van der Waals surface area contributed by atoms with E-state index in [1.165, 1.54) is 6.26 Å². The molecule has 0 spiro atoms. The van der Waals surface area contributed by atoms with Gasteiger partial charge in [-0.05, 0) is 57.8 Å². The predicted molar refractivity (Wildman–Crippen MR) is 90.7 cm³/mol. The Balaban J connectivity index is 0.00000264. The standard InChI is InChI=1S/C16H25N3O3.ClH/c1-12(18-15(20)14-4-3-11-22-14)16(21)19-9-6-13(7-10-19)5-8-17-2;/h3-4,11-13,17H,5-10H2,1-2H3,(H,18,20);1H. The van der Waals surface area contributed by atoms with Crippen LogP contribution in [0.3, 0.4) is 0 Å². The number of carbonyl (C=O) groups is 2. The molecule has 2 N–H and O–H groups in total. The molecule has 0 aromatic carbocycles. The molecule has 0 saturated carbocycles. The van der Waals surface area contributed by atoms with Crippen molar-refractivity contribution in [3.05, 3.63) is 24.2 Å². The topological polar surface area (TPSA) is 74.6 Å². The average Bonchev–Trinajstić information content (AvgIpc) is 3.07. The van der Waals surface area contributed by atoms with Gasteiger partial charge in [-0.1, -0.05) is 0 Å². The fourth-order valence-corrected chi connectivity index (χ4v) is 2.80. The summed E-state index contributed by atoms with van der Waals surface area (Å²) >= 11 is 0. The molecule has 2 heterocycles. The molecule has 1 aromatic heterocycles. The van der Waals surface area contributed by atoms with Crippen LogP contribution < -0.4 is 10.6 Å². The Morgan fingerprint density at radius 3 is 2.65 bits per heavy atom. The number of piperidine rings is 1. The van der Waals surface area contributed by atoms with Crippen LogP contribution in [0.5, 0.6) is 0 Å². The molecule has 1 saturated heterocycles. The minimum Gasteiger partial charge on any atom is -0.459 e. The van der Waals surface area contributed by atoms with Gasteiger partial charge in [-0.25, -0.2) is 0 Å². The van der Waals surface area contributed by atoms with Crippen molar-refractivity contribution in [3.63, 3.8) is 0 Å². The number of amides is 2. The number of furan rings is 1. The Labute approximate surface area is 143 Å². The maximum atomic E-state index is 12.4. The Bertz CT molecular complexity index is 485. The molecule has 1 aliphatic rings. The van der Waals surface area contributed by atoms with E-state index >= 15 is 0 Å². The Morgan fingerprint density at radius 2 is 2.09 bits per heavy atom. The summed E-state index contributed by atoms with van der Waals surface area (Å²) in [5.74, 6) is 0.539. The summed E-state index contributed by atoms with van der Waals surface area (Å²) in [6, 6.07) is 2.70. The third-order valence-corrected chi connectivity index (χ3v) is 4.19. The maximum Gasteiger partial charge on any atom is 0.287 e. The van der Waals surface area contributed by atoms with Gasteiger partial charge in [-0.15, -0.1) is 12.4 Å². The van der Waals surface area contributed by atoms with E-state index in [0.29, 0.717) is 5.92 Å². The lowest BCUT2D eigenvalue weighted by Gasteiger charge is -2.33. The van der Waals surface area contributed by atoms with Crippen LogP contribution in [-0.2, 0) is 4.79 Å². The second-order valence-electron chi connectivity index (χ2n) is 5.83. The van der Waals surface area contributed by atoms with Crippen LogP contribution in [0.2, 0.25) is 0 Å². The van der Waals surface area contributed by atoms with Crippen molar-refractivity contribution in [1.29, 1.82) is 0 Å². The SMILES string of the molecule is CNCCC1CCN(C(=O)C(C)NC(=O)c2ccco2)CC1.Cl. The van der Waals surface area contributed by atoms with E-state index in [1.54, 1.807) is 19.1 Å². The molecular formula is C16H26ClN3O3. The minimum absolute atomic E-state index is 0. The van der Waals surface area contributed by atoms with Gasteiger partial charge < -0.3 is 20.0 Å². The highest BCUT2D eigenvalue weighted by atomic mass is 35.5. The Hall–Kier alpha value is -1.53.